The number of fused-ring (bicyclic) bond motifs is 1. The number of carbonyl (C=O) groups is 3. The molecule has 0 radical (unpaired) electrons. The molecule has 0 spiro atoms. The average molecular weight is 361 g/mol. The Hall–Kier alpha value is -3.04. The van der Waals surface area contributed by atoms with Crippen LogP contribution >= 0.6 is 0 Å². The lowest BCUT2D eigenvalue weighted by molar-refractivity contribution is -0.507. The minimum atomic E-state index is -0.804. The molecule has 1 atom stereocenters. The number of hydrogen-bond acceptors (Lipinski definition) is 6. The standard InChI is InChI=1S/C16H21N6O4/c1-8-9(2)18-22(10(8)3)15-17-13-12(19(15)4)14(24)21(7-11(23)26-6)16(25)20(13)5/h12H,7H2,1-6H3/q+1. The maximum absolute atomic E-state index is 12.9. The van der Waals surface area contributed by atoms with Crippen LogP contribution < -0.4 is 0 Å². The van der Waals surface area contributed by atoms with Crippen LogP contribution in [0.25, 0.3) is 0 Å². The molecule has 138 valence electrons. The number of amides is 3. The highest BCUT2D eigenvalue weighted by Crippen LogP contribution is 2.21. The summed E-state index contributed by atoms with van der Waals surface area (Å²) >= 11 is 0. The van der Waals surface area contributed by atoms with E-state index < -0.39 is 30.5 Å². The number of carbonyl (C=O) groups excluding carboxylic acids is 3. The van der Waals surface area contributed by atoms with Gasteiger partial charge >= 0.3 is 18.0 Å². The zero-order chi connectivity index (χ0) is 19.3. The van der Waals surface area contributed by atoms with Gasteiger partial charge in [-0.15, -0.1) is 9.78 Å². The van der Waals surface area contributed by atoms with E-state index >= 15 is 0 Å². The number of aromatic nitrogens is 2. The van der Waals surface area contributed by atoms with Crippen LogP contribution in [0.4, 0.5) is 4.79 Å². The summed E-state index contributed by atoms with van der Waals surface area (Å²) in [6.45, 7) is 5.33. The van der Waals surface area contributed by atoms with E-state index in [-0.39, 0.29) is 0 Å². The quantitative estimate of drug-likeness (QED) is 0.522. The van der Waals surface area contributed by atoms with E-state index in [2.05, 4.69) is 14.8 Å². The highest BCUT2D eigenvalue weighted by Gasteiger charge is 2.52. The van der Waals surface area contributed by atoms with Crippen molar-refractivity contribution in [3.05, 3.63) is 17.0 Å². The lowest BCUT2D eigenvalue weighted by Gasteiger charge is -2.32. The van der Waals surface area contributed by atoms with Crippen molar-refractivity contribution in [1.29, 1.82) is 0 Å². The summed E-state index contributed by atoms with van der Waals surface area (Å²) in [5.74, 6) is -0.428. The van der Waals surface area contributed by atoms with Gasteiger partial charge in [0.05, 0.1) is 19.9 Å². The van der Waals surface area contributed by atoms with Gasteiger partial charge in [-0.25, -0.2) is 14.3 Å². The van der Waals surface area contributed by atoms with E-state index in [0.29, 0.717) is 11.8 Å². The second-order valence-corrected chi connectivity index (χ2v) is 6.33. The highest BCUT2D eigenvalue weighted by molar-refractivity contribution is 6.23. The van der Waals surface area contributed by atoms with Crippen LogP contribution in [-0.2, 0) is 14.3 Å². The minimum Gasteiger partial charge on any atom is -0.468 e. The number of imide groups is 1. The van der Waals surface area contributed by atoms with E-state index in [1.807, 2.05) is 20.8 Å². The third-order valence-electron chi connectivity index (χ3n) is 4.88. The second kappa shape index (κ2) is 6.04. The summed E-state index contributed by atoms with van der Waals surface area (Å²) in [6.07, 6.45) is 0. The van der Waals surface area contributed by atoms with Crippen LogP contribution in [0, 0.1) is 20.8 Å². The molecular formula is C16H21N6O4+. The van der Waals surface area contributed by atoms with Crippen LogP contribution in [0.3, 0.4) is 0 Å². The van der Waals surface area contributed by atoms with Crippen molar-refractivity contribution < 1.29 is 23.7 Å². The highest BCUT2D eigenvalue weighted by atomic mass is 16.5. The van der Waals surface area contributed by atoms with Gasteiger partial charge in [-0.1, -0.05) is 4.99 Å². The van der Waals surface area contributed by atoms with Crippen molar-refractivity contribution in [3.63, 3.8) is 0 Å². The molecule has 1 fully saturated rings. The Balaban J connectivity index is 2.06. The molecular weight excluding hydrogens is 340 g/mol. The molecule has 26 heavy (non-hydrogen) atoms. The van der Waals surface area contributed by atoms with E-state index in [0.717, 1.165) is 21.9 Å². The molecule has 1 unspecified atom stereocenters. The van der Waals surface area contributed by atoms with Gasteiger partial charge in [0.25, 0.3) is 5.91 Å². The molecule has 0 bridgehead atoms. The van der Waals surface area contributed by atoms with E-state index in [9.17, 15) is 14.4 Å². The molecule has 0 aromatic carbocycles. The second-order valence-electron chi connectivity index (χ2n) is 6.33. The monoisotopic (exact) mass is 361 g/mol. The third kappa shape index (κ3) is 2.40. The number of nitrogens with zero attached hydrogens (tertiary/aromatic N) is 6. The van der Waals surface area contributed by atoms with Crippen LogP contribution in [0.2, 0.25) is 0 Å². The van der Waals surface area contributed by atoms with Crippen LogP contribution in [0.15, 0.2) is 4.99 Å². The number of esters is 1. The molecule has 0 N–H and O–H groups in total. The van der Waals surface area contributed by atoms with Gasteiger partial charge in [0.2, 0.25) is 11.9 Å². The van der Waals surface area contributed by atoms with Crippen molar-refractivity contribution in [2.75, 3.05) is 27.7 Å². The number of ether oxygens (including phenoxy) is 1. The van der Waals surface area contributed by atoms with Gasteiger partial charge in [-0.3, -0.25) is 14.5 Å². The zero-order valence-corrected chi connectivity index (χ0v) is 15.6. The number of amidine groups is 1. The molecule has 1 aromatic rings. The number of urea groups is 1. The number of hydrogen-bond donors (Lipinski definition) is 0. The predicted octanol–water partition coefficient (Wildman–Crippen LogP) is -0.498. The molecule has 2 aliphatic heterocycles. The molecule has 2 aliphatic rings. The molecule has 1 aromatic heterocycles. The number of likely N-dealkylation sites (N-methyl/N-ethyl adjacent to an activating group) is 2. The van der Waals surface area contributed by atoms with Gasteiger partial charge in [0.1, 0.15) is 12.2 Å². The summed E-state index contributed by atoms with van der Waals surface area (Å²) in [7, 11) is 4.44. The summed E-state index contributed by atoms with van der Waals surface area (Å²) in [4.78, 5) is 43.6. The molecule has 1 saturated heterocycles. The lowest BCUT2D eigenvalue weighted by atomic mass is 10.1. The normalized spacial score (nSPS) is 19.9. The topological polar surface area (TPSA) is 100 Å². The summed E-state index contributed by atoms with van der Waals surface area (Å²) in [5.41, 5.74) is 2.80. The third-order valence-corrected chi connectivity index (χ3v) is 4.88. The van der Waals surface area contributed by atoms with E-state index in [4.69, 9.17) is 0 Å². The van der Waals surface area contributed by atoms with Crippen molar-refractivity contribution in [2.45, 2.75) is 26.8 Å². The Bertz CT molecular complexity index is 897. The van der Waals surface area contributed by atoms with Crippen molar-refractivity contribution >= 4 is 29.7 Å². The van der Waals surface area contributed by atoms with Crippen molar-refractivity contribution in [3.8, 4) is 0 Å². The van der Waals surface area contributed by atoms with Gasteiger partial charge in [-0.2, -0.15) is 0 Å². The average Bonchev–Trinajstić information content (AvgIpc) is 3.08. The Morgan fingerprint density at radius 2 is 1.92 bits per heavy atom. The van der Waals surface area contributed by atoms with Crippen LogP contribution in [-0.4, -0.2) is 87.7 Å². The first kappa shape index (κ1) is 17.8. The SMILES string of the molecule is COC(=O)CN1C(=O)C2C(=NC(n3nc(C)c(C)c3C)=[N+]2C)N(C)C1=O. The van der Waals surface area contributed by atoms with Crippen LogP contribution in [0.5, 0.6) is 0 Å². The maximum Gasteiger partial charge on any atom is 0.421 e. The molecule has 0 aliphatic carbocycles. The number of methoxy groups -OCH3 is 1. The first-order chi connectivity index (χ1) is 12.2. The molecule has 10 nitrogen and oxygen atoms in total. The van der Waals surface area contributed by atoms with Gasteiger partial charge in [0, 0.05) is 12.6 Å². The summed E-state index contributed by atoms with van der Waals surface area (Å²) < 4.78 is 7.89. The van der Waals surface area contributed by atoms with Gasteiger partial charge < -0.3 is 4.74 Å². The predicted molar refractivity (Wildman–Crippen MR) is 91.1 cm³/mol. The maximum atomic E-state index is 12.9. The Labute approximate surface area is 150 Å². The summed E-state index contributed by atoms with van der Waals surface area (Å²) in [6, 6.07) is -1.42. The molecule has 0 saturated carbocycles. The fourth-order valence-corrected chi connectivity index (χ4v) is 3.04. The largest absolute Gasteiger partial charge is 0.468 e. The van der Waals surface area contributed by atoms with Gasteiger partial charge in [0.15, 0.2) is 0 Å². The van der Waals surface area contributed by atoms with Crippen molar-refractivity contribution in [1.82, 2.24) is 19.6 Å². The Morgan fingerprint density at radius 3 is 2.46 bits per heavy atom. The first-order valence-electron chi connectivity index (χ1n) is 8.06. The molecule has 3 rings (SSSR count). The van der Waals surface area contributed by atoms with Gasteiger partial charge in [-0.05, 0) is 20.8 Å². The van der Waals surface area contributed by atoms with E-state index in [1.165, 1.54) is 19.1 Å². The van der Waals surface area contributed by atoms with E-state index in [1.54, 1.807) is 16.3 Å². The number of aryl methyl sites for hydroxylation is 1. The molecule has 3 amide bonds. The molecule has 10 heteroatoms. The lowest BCUT2D eigenvalue weighted by Crippen LogP contribution is -2.63. The Morgan fingerprint density at radius 1 is 1.27 bits per heavy atom. The first-order valence-corrected chi connectivity index (χ1v) is 8.06. The van der Waals surface area contributed by atoms with Crippen molar-refractivity contribution in [2.24, 2.45) is 4.99 Å². The number of aliphatic imine (C=N–C) groups is 1. The fraction of sp³-hybridized carbons (Fsp3) is 0.500. The zero-order valence-electron chi connectivity index (χ0n) is 15.6. The number of rotatable bonds is 2. The Kier molecular flexibility index (Phi) is 4.13. The van der Waals surface area contributed by atoms with Crippen LogP contribution in [0.1, 0.15) is 17.0 Å². The smallest absolute Gasteiger partial charge is 0.421 e. The fourth-order valence-electron chi connectivity index (χ4n) is 3.04. The minimum absolute atomic E-state index is 0.309. The summed E-state index contributed by atoms with van der Waals surface area (Å²) in [5, 5.41) is 4.48. The molecule has 3 heterocycles.